The Hall–Kier alpha value is -1.36. The fourth-order valence-corrected chi connectivity index (χ4v) is 6.40. The summed E-state index contributed by atoms with van der Waals surface area (Å²) in [6.45, 7) is 1.55. The first-order valence-electron chi connectivity index (χ1n) is 9.79. The van der Waals surface area contributed by atoms with Gasteiger partial charge in [-0.3, -0.25) is 14.8 Å². The van der Waals surface area contributed by atoms with Gasteiger partial charge in [-0.1, -0.05) is 0 Å². The summed E-state index contributed by atoms with van der Waals surface area (Å²) in [5, 5.41) is 10.6. The van der Waals surface area contributed by atoms with Crippen molar-refractivity contribution >= 4 is 5.91 Å². The van der Waals surface area contributed by atoms with Crippen LogP contribution in [0.15, 0.2) is 12.3 Å². The minimum atomic E-state index is 0.235. The lowest BCUT2D eigenvalue weighted by Crippen LogP contribution is -2.57. The molecule has 5 aliphatic rings. The number of nitrogens with one attached hydrogen (secondary N) is 2. The minimum absolute atomic E-state index is 0.235. The van der Waals surface area contributed by atoms with Crippen molar-refractivity contribution in [2.75, 3.05) is 13.1 Å². The monoisotopic (exact) mass is 328 g/mol. The van der Waals surface area contributed by atoms with Crippen molar-refractivity contribution in [3.05, 3.63) is 18.0 Å². The highest BCUT2D eigenvalue weighted by Gasteiger charge is 2.48. The fourth-order valence-electron chi connectivity index (χ4n) is 6.40. The normalized spacial score (nSPS) is 41.0. The topological polar surface area (TPSA) is 61.0 Å². The van der Waals surface area contributed by atoms with Crippen molar-refractivity contribution in [1.82, 2.24) is 20.4 Å². The molecule has 24 heavy (non-hydrogen) atoms. The maximum atomic E-state index is 12.7. The lowest BCUT2D eigenvalue weighted by molar-refractivity contribution is -0.126. The number of hydrogen-bond acceptors (Lipinski definition) is 3. The first-order chi connectivity index (χ1) is 11.8. The van der Waals surface area contributed by atoms with Gasteiger partial charge in [-0.15, -0.1) is 0 Å². The number of hydrogen-bond donors (Lipinski definition) is 2. The van der Waals surface area contributed by atoms with Crippen LogP contribution in [0.4, 0.5) is 0 Å². The molecule has 0 spiro atoms. The zero-order valence-electron chi connectivity index (χ0n) is 14.3. The molecule has 5 nitrogen and oxygen atoms in total. The quantitative estimate of drug-likeness (QED) is 0.893. The van der Waals surface area contributed by atoms with E-state index in [1.54, 1.807) is 6.20 Å². The first kappa shape index (κ1) is 14.9. The van der Waals surface area contributed by atoms with Crippen LogP contribution in [-0.4, -0.2) is 40.1 Å². The number of H-pyrrole nitrogens is 1. The number of carbonyl (C=O) groups is 1. The standard InChI is InChI=1S/C19H28N4O/c24-18(11-23-5-1-2-17(23)16-3-4-20-22-16)21-19-14-7-12-6-13(9-14)10-15(19)8-12/h3-4,12-15,17,19H,1-2,5-11H2,(H,20,22)(H,21,24). The second-order valence-corrected chi connectivity index (χ2v) is 8.66. The van der Waals surface area contributed by atoms with Crippen LogP contribution in [0.1, 0.15) is 56.7 Å². The van der Waals surface area contributed by atoms with Gasteiger partial charge in [0.1, 0.15) is 0 Å². The SMILES string of the molecule is O=C(CN1CCCC1c1ccn[nH]1)NC1C2CC3CC(C2)CC1C3. The third-order valence-electron chi connectivity index (χ3n) is 7.15. The van der Waals surface area contributed by atoms with Crippen LogP contribution in [-0.2, 0) is 4.79 Å². The van der Waals surface area contributed by atoms with E-state index in [4.69, 9.17) is 0 Å². The van der Waals surface area contributed by atoms with Gasteiger partial charge < -0.3 is 5.32 Å². The van der Waals surface area contributed by atoms with Gasteiger partial charge in [0, 0.05) is 12.2 Å². The van der Waals surface area contributed by atoms with Gasteiger partial charge in [-0.05, 0) is 81.2 Å². The summed E-state index contributed by atoms with van der Waals surface area (Å²) < 4.78 is 0. The van der Waals surface area contributed by atoms with E-state index in [2.05, 4.69) is 20.4 Å². The molecule has 1 atom stereocenters. The van der Waals surface area contributed by atoms with Crippen molar-refractivity contribution in [2.24, 2.45) is 23.7 Å². The largest absolute Gasteiger partial charge is 0.352 e. The number of aromatic nitrogens is 2. The highest BCUT2D eigenvalue weighted by molar-refractivity contribution is 5.78. The Morgan fingerprint density at radius 1 is 1.21 bits per heavy atom. The second-order valence-electron chi connectivity index (χ2n) is 8.66. The summed E-state index contributed by atoms with van der Waals surface area (Å²) in [4.78, 5) is 15.0. The van der Waals surface area contributed by atoms with Crippen LogP contribution in [0, 0.1) is 23.7 Å². The van der Waals surface area contributed by atoms with Crippen LogP contribution in [0.3, 0.4) is 0 Å². The number of likely N-dealkylation sites (tertiary alicyclic amines) is 1. The van der Waals surface area contributed by atoms with Gasteiger partial charge in [0.2, 0.25) is 5.91 Å². The van der Waals surface area contributed by atoms with Gasteiger partial charge >= 0.3 is 0 Å². The van der Waals surface area contributed by atoms with Crippen molar-refractivity contribution < 1.29 is 4.79 Å². The number of amides is 1. The molecule has 0 aromatic carbocycles. The second kappa shape index (κ2) is 5.87. The molecule has 4 bridgehead atoms. The van der Waals surface area contributed by atoms with E-state index in [1.165, 1.54) is 32.1 Å². The summed E-state index contributed by atoms with van der Waals surface area (Å²) in [5.74, 6) is 3.67. The lowest BCUT2D eigenvalue weighted by Gasteiger charge is -2.54. The number of carbonyl (C=O) groups excluding carboxylic acids is 1. The van der Waals surface area contributed by atoms with Crippen LogP contribution in [0.25, 0.3) is 0 Å². The van der Waals surface area contributed by atoms with E-state index in [9.17, 15) is 4.79 Å². The molecule has 1 saturated heterocycles. The van der Waals surface area contributed by atoms with Gasteiger partial charge in [-0.25, -0.2) is 0 Å². The number of rotatable bonds is 4. The summed E-state index contributed by atoms with van der Waals surface area (Å²) in [5.41, 5.74) is 1.15. The number of aromatic amines is 1. The zero-order valence-corrected chi connectivity index (χ0v) is 14.3. The minimum Gasteiger partial charge on any atom is -0.352 e. The van der Waals surface area contributed by atoms with Crippen LogP contribution in [0.5, 0.6) is 0 Å². The van der Waals surface area contributed by atoms with Crippen LogP contribution in [0.2, 0.25) is 0 Å². The highest BCUT2D eigenvalue weighted by atomic mass is 16.2. The van der Waals surface area contributed by atoms with Crippen molar-refractivity contribution in [3.63, 3.8) is 0 Å². The fraction of sp³-hybridized carbons (Fsp3) is 0.789. The summed E-state index contributed by atoms with van der Waals surface area (Å²) in [6, 6.07) is 2.83. The Bertz CT molecular complexity index is 571. The van der Waals surface area contributed by atoms with Crippen molar-refractivity contribution in [1.29, 1.82) is 0 Å². The lowest BCUT2D eigenvalue weighted by atomic mass is 9.54. The zero-order chi connectivity index (χ0) is 16.1. The molecule has 1 aliphatic heterocycles. The van der Waals surface area contributed by atoms with Gasteiger partial charge in [0.15, 0.2) is 0 Å². The van der Waals surface area contributed by atoms with Gasteiger partial charge in [0.25, 0.3) is 0 Å². The molecule has 4 saturated carbocycles. The molecular formula is C19H28N4O. The molecule has 1 amide bonds. The molecule has 1 aromatic rings. The van der Waals surface area contributed by atoms with E-state index >= 15 is 0 Å². The summed E-state index contributed by atoms with van der Waals surface area (Å²) >= 11 is 0. The average molecular weight is 328 g/mol. The third kappa shape index (κ3) is 2.57. The molecule has 1 aromatic heterocycles. The van der Waals surface area contributed by atoms with Crippen LogP contribution >= 0.6 is 0 Å². The maximum absolute atomic E-state index is 12.7. The highest BCUT2D eigenvalue weighted by Crippen LogP contribution is 2.53. The van der Waals surface area contributed by atoms with Gasteiger partial charge in [-0.2, -0.15) is 5.10 Å². The Balaban J connectivity index is 1.22. The van der Waals surface area contributed by atoms with E-state index in [-0.39, 0.29) is 5.91 Å². The van der Waals surface area contributed by atoms with Crippen molar-refractivity contribution in [2.45, 2.75) is 57.0 Å². The molecular weight excluding hydrogens is 300 g/mol. The Labute approximate surface area is 143 Å². The molecule has 2 heterocycles. The molecule has 130 valence electrons. The average Bonchev–Trinajstić information content (AvgIpc) is 3.21. The molecule has 1 unspecified atom stereocenters. The van der Waals surface area contributed by atoms with E-state index < -0.39 is 0 Å². The smallest absolute Gasteiger partial charge is 0.234 e. The third-order valence-corrected chi connectivity index (χ3v) is 7.15. The Morgan fingerprint density at radius 2 is 1.96 bits per heavy atom. The molecule has 5 heteroatoms. The van der Waals surface area contributed by atoms with E-state index in [0.717, 1.165) is 48.8 Å². The predicted octanol–water partition coefficient (Wildman–Crippen LogP) is 2.49. The molecule has 0 radical (unpaired) electrons. The van der Waals surface area contributed by atoms with Crippen molar-refractivity contribution in [3.8, 4) is 0 Å². The molecule has 6 rings (SSSR count). The van der Waals surface area contributed by atoms with Crippen LogP contribution < -0.4 is 5.32 Å². The maximum Gasteiger partial charge on any atom is 0.234 e. The number of nitrogens with zero attached hydrogens (tertiary/aromatic N) is 2. The molecule has 4 aliphatic carbocycles. The Morgan fingerprint density at radius 3 is 2.62 bits per heavy atom. The Kier molecular flexibility index (Phi) is 3.65. The van der Waals surface area contributed by atoms with E-state index in [1.807, 2.05) is 6.07 Å². The van der Waals surface area contributed by atoms with Gasteiger partial charge in [0.05, 0.1) is 18.3 Å². The predicted molar refractivity (Wildman–Crippen MR) is 91.1 cm³/mol. The summed E-state index contributed by atoms with van der Waals surface area (Å²) in [6.07, 6.45) is 11.0. The molecule has 2 N–H and O–H groups in total. The molecule has 5 fully saturated rings. The first-order valence-corrected chi connectivity index (χ1v) is 9.79. The van der Waals surface area contributed by atoms with E-state index in [0.29, 0.717) is 18.6 Å². The summed E-state index contributed by atoms with van der Waals surface area (Å²) in [7, 11) is 0.